The number of para-hydroxylation sites is 1. The Morgan fingerprint density at radius 3 is 2.59 bits per heavy atom. The van der Waals surface area contributed by atoms with Gasteiger partial charge in [-0.2, -0.15) is 0 Å². The van der Waals surface area contributed by atoms with E-state index >= 15 is 0 Å². The van der Waals surface area contributed by atoms with E-state index in [1.54, 1.807) is 6.26 Å². The van der Waals surface area contributed by atoms with Crippen molar-refractivity contribution in [1.82, 2.24) is 9.47 Å². The van der Waals surface area contributed by atoms with Gasteiger partial charge in [0.15, 0.2) is 0 Å². The van der Waals surface area contributed by atoms with Crippen LogP contribution in [0.25, 0.3) is 10.9 Å². The monoisotopic (exact) mass is 356 g/mol. The average molecular weight is 356 g/mol. The lowest BCUT2D eigenvalue weighted by Gasteiger charge is -2.25. The van der Waals surface area contributed by atoms with Gasteiger partial charge in [-0.15, -0.1) is 0 Å². The van der Waals surface area contributed by atoms with Crippen LogP contribution in [0.4, 0.5) is 0 Å². The fourth-order valence-electron chi connectivity index (χ4n) is 4.31. The van der Waals surface area contributed by atoms with Gasteiger partial charge in [0.1, 0.15) is 5.76 Å². The van der Waals surface area contributed by atoms with E-state index in [0.717, 1.165) is 16.9 Å². The van der Waals surface area contributed by atoms with E-state index in [1.165, 1.54) is 22.2 Å². The molecule has 0 spiro atoms. The Morgan fingerprint density at radius 1 is 1.00 bits per heavy atom. The molecule has 0 bridgehead atoms. The molecule has 1 amide bonds. The number of fused-ring (bicyclic) bond motifs is 2. The maximum Gasteiger partial charge on any atom is 0.255 e. The molecule has 3 heterocycles. The van der Waals surface area contributed by atoms with Crippen LogP contribution in [0.2, 0.25) is 0 Å². The zero-order valence-corrected chi connectivity index (χ0v) is 15.3. The number of hydrogen-bond acceptors (Lipinski definition) is 2. The molecule has 4 heteroatoms. The Morgan fingerprint density at radius 2 is 1.78 bits per heavy atom. The Kier molecular flexibility index (Phi) is 3.47. The van der Waals surface area contributed by atoms with Gasteiger partial charge in [-0.3, -0.25) is 4.79 Å². The van der Waals surface area contributed by atoms with Gasteiger partial charge >= 0.3 is 0 Å². The first-order valence-corrected chi connectivity index (χ1v) is 9.13. The highest BCUT2D eigenvalue weighted by Gasteiger charge is 2.40. The minimum atomic E-state index is -0.120. The summed E-state index contributed by atoms with van der Waals surface area (Å²) in [6, 6.07) is 20.0. The molecule has 0 radical (unpaired) electrons. The highest BCUT2D eigenvalue weighted by atomic mass is 16.3. The van der Waals surface area contributed by atoms with E-state index in [1.807, 2.05) is 35.2 Å². The summed E-state index contributed by atoms with van der Waals surface area (Å²) in [7, 11) is 2.08. The van der Waals surface area contributed by atoms with Gasteiger partial charge < -0.3 is 13.9 Å². The molecule has 5 rings (SSSR count). The van der Waals surface area contributed by atoms with Crippen molar-refractivity contribution in [2.75, 3.05) is 0 Å². The molecule has 27 heavy (non-hydrogen) atoms. The van der Waals surface area contributed by atoms with Gasteiger partial charge in [-0.05, 0) is 36.8 Å². The minimum absolute atomic E-state index is 0.0549. The normalized spacial score (nSPS) is 16.3. The summed E-state index contributed by atoms with van der Waals surface area (Å²) < 4.78 is 7.76. The molecule has 2 aromatic heterocycles. The van der Waals surface area contributed by atoms with Crippen molar-refractivity contribution in [1.29, 1.82) is 0 Å². The number of amides is 1. The fourth-order valence-corrected chi connectivity index (χ4v) is 4.31. The SMILES string of the molecule is Cc1c(C2c3ccccc3C(=O)N2Cc2ccco2)c2ccccc2n1C. The topological polar surface area (TPSA) is 38.4 Å². The first-order valence-electron chi connectivity index (χ1n) is 9.13. The van der Waals surface area contributed by atoms with Crippen LogP contribution in [0, 0.1) is 6.92 Å². The number of carbonyl (C=O) groups is 1. The molecule has 4 nitrogen and oxygen atoms in total. The van der Waals surface area contributed by atoms with E-state index in [0.29, 0.717) is 6.54 Å². The number of furan rings is 1. The van der Waals surface area contributed by atoms with Gasteiger partial charge in [0.05, 0.1) is 18.8 Å². The number of aryl methyl sites for hydroxylation is 1. The van der Waals surface area contributed by atoms with Crippen LogP contribution in [-0.2, 0) is 13.6 Å². The predicted octanol–water partition coefficient (Wildman–Crippen LogP) is 4.83. The molecule has 4 aromatic rings. The lowest BCUT2D eigenvalue weighted by molar-refractivity contribution is 0.0723. The van der Waals surface area contributed by atoms with Crippen LogP contribution >= 0.6 is 0 Å². The zero-order valence-electron chi connectivity index (χ0n) is 15.3. The third kappa shape index (κ3) is 2.26. The van der Waals surface area contributed by atoms with Crippen molar-refractivity contribution in [2.45, 2.75) is 19.5 Å². The van der Waals surface area contributed by atoms with E-state index in [2.05, 4.69) is 48.9 Å². The molecular formula is C23H20N2O2. The van der Waals surface area contributed by atoms with Crippen molar-refractivity contribution in [3.05, 3.63) is 95.1 Å². The Bertz CT molecular complexity index is 1150. The third-order valence-electron chi connectivity index (χ3n) is 5.69. The summed E-state index contributed by atoms with van der Waals surface area (Å²) in [5.74, 6) is 0.846. The largest absolute Gasteiger partial charge is 0.467 e. The predicted molar refractivity (Wildman–Crippen MR) is 105 cm³/mol. The van der Waals surface area contributed by atoms with Gasteiger partial charge in [-0.25, -0.2) is 0 Å². The number of hydrogen-bond donors (Lipinski definition) is 0. The Hall–Kier alpha value is -3.27. The van der Waals surface area contributed by atoms with Crippen molar-refractivity contribution < 1.29 is 9.21 Å². The van der Waals surface area contributed by atoms with Gasteiger partial charge in [0, 0.05) is 34.8 Å². The van der Waals surface area contributed by atoms with Crippen molar-refractivity contribution in [3.8, 4) is 0 Å². The standard InChI is InChI=1S/C23H20N2O2/c1-15-21(19-11-5-6-12-20(19)24(15)2)22-17-9-3-4-10-18(17)23(26)25(22)14-16-8-7-13-27-16/h3-13,22H,14H2,1-2H3. The maximum absolute atomic E-state index is 13.2. The number of benzene rings is 2. The molecule has 0 saturated heterocycles. The number of carbonyl (C=O) groups excluding carboxylic acids is 1. The van der Waals surface area contributed by atoms with Crippen LogP contribution in [0.3, 0.4) is 0 Å². The molecule has 0 N–H and O–H groups in total. The first-order chi connectivity index (χ1) is 13.2. The van der Waals surface area contributed by atoms with Gasteiger partial charge in [0.25, 0.3) is 5.91 Å². The molecule has 0 fully saturated rings. The number of aromatic nitrogens is 1. The van der Waals surface area contributed by atoms with Crippen LogP contribution in [0.15, 0.2) is 71.3 Å². The quantitative estimate of drug-likeness (QED) is 0.528. The minimum Gasteiger partial charge on any atom is -0.467 e. The second-order valence-electron chi connectivity index (χ2n) is 7.08. The summed E-state index contributed by atoms with van der Waals surface area (Å²) >= 11 is 0. The molecular weight excluding hydrogens is 336 g/mol. The first kappa shape index (κ1) is 15.9. The average Bonchev–Trinajstić information content (AvgIpc) is 3.36. The Balaban J connectivity index is 1.75. The van der Waals surface area contributed by atoms with Crippen molar-refractivity contribution in [2.24, 2.45) is 7.05 Å². The van der Waals surface area contributed by atoms with E-state index < -0.39 is 0 Å². The second kappa shape index (κ2) is 5.88. The van der Waals surface area contributed by atoms with Crippen molar-refractivity contribution >= 4 is 16.8 Å². The molecule has 1 aliphatic heterocycles. The lowest BCUT2D eigenvalue weighted by Crippen LogP contribution is -2.28. The number of nitrogens with zero attached hydrogens (tertiary/aromatic N) is 2. The van der Waals surface area contributed by atoms with Crippen LogP contribution < -0.4 is 0 Å². The highest BCUT2D eigenvalue weighted by molar-refractivity contribution is 6.01. The van der Waals surface area contributed by atoms with Gasteiger partial charge in [0.2, 0.25) is 0 Å². The highest BCUT2D eigenvalue weighted by Crippen LogP contribution is 2.43. The molecule has 0 saturated carbocycles. The summed E-state index contributed by atoms with van der Waals surface area (Å²) in [4.78, 5) is 15.2. The molecule has 1 unspecified atom stereocenters. The van der Waals surface area contributed by atoms with E-state index in [-0.39, 0.29) is 11.9 Å². The second-order valence-corrected chi connectivity index (χ2v) is 7.08. The smallest absolute Gasteiger partial charge is 0.255 e. The van der Waals surface area contributed by atoms with Crippen LogP contribution in [0.1, 0.15) is 39.0 Å². The Labute approximate surface area is 157 Å². The third-order valence-corrected chi connectivity index (χ3v) is 5.69. The van der Waals surface area contributed by atoms with E-state index in [4.69, 9.17) is 4.42 Å². The lowest BCUT2D eigenvalue weighted by atomic mass is 9.95. The van der Waals surface area contributed by atoms with Crippen LogP contribution in [0.5, 0.6) is 0 Å². The van der Waals surface area contributed by atoms with Crippen LogP contribution in [-0.4, -0.2) is 15.4 Å². The summed E-state index contributed by atoms with van der Waals surface area (Å²) in [5.41, 5.74) is 5.39. The van der Waals surface area contributed by atoms with E-state index in [9.17, 15) is 4.79 Å². The summed E-state index contributed by atoms with van der Waals surface area (Å²) in [5, 5.41) is 1.19. The molecule has 0 aliphatic carbocycles. The maximum atomic E-state index is 13.2. The molecule has 1 atom stereocenters. The fraction of sp³-hybridized carbons (Fsp3) is 0.174. The molecule has 134 valence electrons. The van der Waals surface area contributed by atoms with Gasteiger partial charge in [-0.1, -0.05) is 36.4 Å². The molecule has 1 aliphatic rings. The zero-order chi connectivity index (χ0) is 18.5. The molecule has 2 aromatic carbocycles. The summed E-state index contributed by atoms with van der Waals surface area (Å²) in [6.07, 6.45) is 1.65. The van der Waals surface area contributed by atoms with Crippen molar-refractivity contribution in [3.63, 3.8) is 0 Å². The number of rotatable bonds is 3. The summed E-state index contributed by atoms with van der Waals surface area (Å²) in [6.45, 7) is 2.58.